The molecule has 1 aliphatic heterocycles. The quantitative estimate of drug-likeness (QED) is 0.819. The van der Waals surface area contributed by atoms with Gasteiger partial charge in [-0.05, 0) is 31.7 Å². The lowest BCUT2D eigenvalue weighted by atomic mass is 9.93. The molecule has 1 amide bonds. The Kier molecular flexibility index (Phi) is 5.37. The molecule has 2 unspecified atom stereocenters. The first-order chi connectivity index (χ1) is 10.1. The van der Waals surface area contributed by atoms with Gasteiger partial charge in [0.05, 0.1) is 0 Å². The minimum atomic E-state index is -0.791. The summed E-state index contributed by atoms with van der Waals surface area (Å²) in [5, 5.41) is 8.60. The molecule has 0 aromatic heterocycles. The highest BCUT2D eigenvalue weighted by atomic mass is 16.4. The Morgan fingerprint density at radius 1 is 1.19 bits per heavy atom. The number of amides is 1. The number of carbonyl (C=O) groups is 2. The van der Waals surface area contributed by atoms with Crippen molar-refractivity contribution in [3.63, 3.8) is 0 Å². The van der Waals surface area contributed by atoms with E-state index in [1.165, 1.54) is 5.56 Å². The Hall–Kier alpha value is -1.84. The molecule has 1 aromatic rings. The molecule has 0 saturated carbocycles. The van der Waals surface area contributed by atoms with Crippen molar-refractivity contribution < 1.29 is 14.7 Å². The third kappa shape index (κ3) is 4.06. The summed E-state index contributed by atoms with van der Waals surface area (Å²) in [6, 6.07) is 10.6. The molecule has 1 N–H and O–H groups in total. The number of aliphatic carboxylic acids is 1. The van der Waals surface area contributed by atoms with E-state index in [2.05, 4.69) is 19.1 Å². The van der Waals surface area contributed by atoms with Crippen LogP contribution in [-0.2, 0) is 9.59 Å². The average molecular weight is 289 g/mol. The molecule has 21 heavy (non-hydrogen) atoms. The van der Waals surface area contributed by atoms with Gasteiger partial charge in [-0.25, -0.2) is 0 Å². The van der Waals surface area contributed by atoms with Crippen LogP contribution in [-0.4, -0.2) is 34.5 Å². The smallest absolute Gasteiger partial charge is 0.303 e. The van der Waals surface area contributed by atoms with Gasteiger partial charge in [0.25, 0.3) is 0 Å². The van der Waals surface area contributed by atoms with Crippen molar-refractivity contribution in [1.29, 1.82) is 0 Å². The summed E-state index contributed by atoms with van der Waals surface area (Å²) in [6.07, 6.45) is 2.84. The molecule has 0 spiro atoms. The van der Waals surface area contributed by atoms with Gasteiger partial charge in [-0.2, -0.15) is 0 Å². The van der Waals surface area contributed by atoms with Crippen molar-refractivity contribution in [1.82, 2.24) is 4.90 Å². The summed E-state index contributed by atoms with van der Waals surface area (Å²) in [4.78, 5) is 24.7. The number of benzene rings is 1. The Morgan fingerprint density at radius 3 is 2.52 bits per heavy atom. The summed E-state index contributed by atoms with van der Waals surface area (Å²) < 4.78 is 0. The Bertz CT molecular complexity index is 486. The zero-order chi connectivity index (χ0) is 15.2. The lowest BCUT2D eigenvalue weighted by Crippen LogP contribution is -2.35. The van der Waals surface area contributed by atoms with Crippen molar-refractivity contribution in [3.05, 3.63) is 35.9 Å². The summed E-state index contributed by atoms with van der Waals surface area (Å²) in [5.41, 5.74) is 1.30. The number of carboxylic acid groups (broad SMARTS) is 1. The molecule has 1 aromatic carbocycles. The first-order valence-corrected chi connectivity index (χ1v) is 7.66. The van der Waals surface area contributed by atoms with Crippen LogP contribution in [0.1, 0.15) is 50.5 Å². The van der Waals surface area contributed by atoms with Crippen molar-refractivity contribution >= 4 is 11.9 Å². The fourth-order valence-electron chi connectivity index (χ4n) is 3.13. The summed E-state index contributed by atoms with van der Waals surface area (Å²) >= 11 is 0. The van der Waals surface area contributed by atoms with Gasteiger partial charge >= 0.3 is 5.97 Å². The van der Waals surface area contributed by atoms with E-state index in [4.69, 9.17) is 5.11 Å². The van der Waals surface area contributed by atoms with Crippen LogP contribution < -0.4 is 0 Å². The molecule has 1 saturated heterocycles. The first kappa shape index (κ1) is 15.5. The van der Waals surface area contributed by atoms with E-state index < -0.39 is 5.97 Å². The van der Waals surface area contributed by atoms with Gasteiger partial charge in [0.2, 0.25) is 5.91 Å². The van der Waals surface area contributed by atoms with Gasteiger partial charge in [-0.15, -0.1) is 0 Å². The van der Waals surface area contributed by atoms with E-state index in [0.717, 1.165) is 13.0 Å². The van der Waals surface area contributed by atoms with Crippen LogP contribution in [0.3, 0.4) is 0 Å². The van der Waals surface area contributed by atoms with Crippen LogP contribution in [0.15, 0.2) is 30.3 Å². The van der Waals surface area contributed by atoms with E-state index >= 15 is 0 Å². The SMILES string of the molecule is CC1C(c2ccccc2)CCN1C(=O)CCCCC(=O)O. The number of hydrogen-bond acceptors (Lipinski definition) is 2. The second kappa shape index (κ2) is 7.25. The van der Waals surface area contributed by atoms with Gasteiger partial charge in [-0.3, -0.25) is 9.59 Å². The maximum Gasteiger partial charge on any atom is 0.303 e. The molecule has 2 atom stereocenters. The summed E-state index contributed by atoms with van der Waals surface area (Å²) in [5.74, 6) is -0.221. The van der Waals surface area contributed by atoms with Gasteiger partial charge in [0.15, 0.2) is 0 Å². The van der Waals surface area contributed by atoms with Crippen LogP contribution in [0.5, 0.6) is 0 Å². The number of hydrogen-bond donors (Lipinski definition) is 1. The third-order valence-corrected chi connectivity index (χ3v) is 4.33. The van der Waals surface area contributed by atoms with E-state index in [-0.39, 0.29) is 18.4 Å². The van der Waals surface area contributed by atoms with Crippen molar-refractivity contribution in [2.75, 3.05) is 6.54 Å². The maximum atomic E-state index is 12.3. The van der Waals surface area contributed by atoms with Crippen LogP contribution in [0, 0.1) is 0 Å². The predicted octanol–water partition coefficient (Wildman–Crippen LogP) is 3.04. The minimum Gasteiger partial charge on any atom is -0.481 e. The van der Waals surface area contributed by atoms with Crippen molar-refractivity contribution in [2.24, 2.45) is 0 Å². The van der Waals surface area contributed by atoms with Crippen molar-refractivity contribution in [2.45, 2.75) is 51.0 Å². The molecule has 0 bridgehead atoms. The van der Waals surface area contributed by atoms with E-state index in [0.29, 0.717) is 25.2 Å². The van der Waals surface area contributed by atoms with E-state index in [1.54, 1.807) is 0 Å². The molecule has 1 aliphatic rings. The Morgan fingerprint density at radius 2 is 1.86 bits per heavy atom. The zero-order valence-corrected chi connectivity index (χ0v) is 12.5. The molecule has 1 heterocycles. The van der Waals surface area contributed by atoms with E-state index in [9.17, 15) is 9.59 Å². The summed E-state index contributed by atoms with van der Waals surface area (Å²) in [7, 11) is 0. The highest BCUT2D eigenvalue weighted by Gasteiger charge is 2.34. The largest absolute Gasteiger partial charge is 0.481 e. The van der Waals surface area contributed by atoms with Gasteiger partial charge in [0.1, 0.15) is 0 Å². The molecule has 4 nitrogen and oxygen atoms in total. The van der Waals surface area contributed by atoms with Gasteiger partial charge in [-0.1, -0.05) is 30.3 Å². The molecule has 0 radical (unpaired) electrons. The average Bonchev–Trinajstić information content (AvgIpc) is 2.86. The van der Waals surface area contributed by atoms with Crippen LogP contribution in [0.2, 0.25) is 0 Å². The third-order valence-electron chi connectivity index (χ3n) is 4.33. The fourth-order valence-corrected chi connectivity index (χ4v) is 3.13. The van der Waals surface area contributed by atoms with Gasteiger partial charge in [0, 0.05) is 31.3 Å². The lowest BCUT2D eigenvalue weighted by Gasteiger charge is -2.25. The monoisotopic (exact) mass is 289 g/mol. The highest BCUT2D eigenvalue weighted by molar-refractivity contribution is 5.77. The molecule has 114 valence electrons. The predicted molar refractivity (Wildman–Crippen MR) is 81.1 cm³/mol. The number of carbonyl (C=O) groups excluding carboxylic acids is 1. The molecule has 1 fully saturated rings. The standard InChI is InChI=1S/C17H23NO3/c1-13-15(14-7-3-2-4-8-14)11-12-18(13)16(19)9-5-6-10-17(20)21/h2-4,7-8,13,15H,5-6,9-12H2,1H3,(H,20,21). The second-order valence-corrected chi connectivity index (χ2v) is 5.73. The van der Waals surface area contributed by atoms with Crippen LogP contribution in [0.25, 0.3) is 0 Å². The van der Waals surface area contributed by atoms with Crippen LogP contribution >= 0.6 is 0 Å². The topological polar surface area (TPSA) is 57.6 Å². The van der Waals surface area contributed by atoms with Gasteiger partial charge < -0.3 is 10.0 Å². The highest BCUT2D eigenvalue weighted by Crippen LogP contribution is 2.33. The number of nitrogens with zero attached hydrogens (tertiary/aromatic N) is 1. The van der Waals surface area contributed by atoms with Crippen LogP contribution in [0.4, 0.5) is 0 Å². The first-order valence-electron chi connectivity index (χ1n) is 7.66. The Balaban J connectivity index is 1.85. The Labute approximate surface area is 125 Å². The molecule has 2 rings (SSSR count). The normalized spacial score (nSPS) is 21.5. The number of rotatable bonds is 6. The lowest BCUT2D eigenvalue weighted by molar-refractivity contribution is -0.137. The molecular weight excluding hydrogens is 266 g/mol. The second-order valence-electron chi connectivity index (χ2n) is 5.73. The molecule has 0 aliphatic carbocycles. The summed E-state index contributed by atoms with van der Waals surface area (Å²) in [6.45, 7) is 2.91. The molecular formula is C17H23NO3. The maximum absolute atomic E-state index is 12.3. The van der Waals surface area contributed by atoms with Crippen molar-refractivity contribution in [3.8, 4) is 0 Å². The van der Waals surface area contributed by atoms with E-state index in [1.807, 2.05) is 23.1 Å². The molecule has 4 heteroatoms. The number of unbranched alkanes of at least 4 members (excludes halogenated alkanes) is 1. The number of likely N-dealkylation sites (tertiary alicyclic amines) is 1. The number of carboxylic acids is 1. The minimum absolute atomic E-state index is 0.148. The zero-order valence-electron chi connectivity index (χ0n) is 12.5. The fraction of sp³-hybridized carbons (Fsp3) is 0.529.